The quantitative estimate of drug-likeness (QED) is 0.858. The van der Waals surface area contributed by atoms with Crippen LogP contribution in [0.4, 0.5) is 11.4 Å². The molecule has 0 bridgehead atoms. The van der Waals surface area contributed by atoms with Crippen LogP contribution in [0.1, 0.15) is 26.7 Å². The number of anilines is 2. The van der Waals surface area contributed by atoms with Crippen LogP contribution in [-0.2, 0) is 4.74 Å². The number of thioether (sulfide) groups is 1. The molecule has 1 aliphatic heterocycles. The van der Waals surface area contributed by atoms with Crippen molar-refractivity contribution in [1.29, 1.82) is 0 Å². The number of rotatable bonds is 6. The maximum Gasteiger partial charge on any atom is 0.144 e. The van der Waals surface area contributed by atoms with Gasteiger partial charge in [-0.2, -0.15) is 11.8 Å². The summed E-state index contributed by atoms with van der Waals surface area (Å²) in [5.74, 6) is 0.920. The third-order valence-electron chi connectivity index (χ3n) is 4.82. The summed E-state index contributed by atoms with van der Waals surface area (Å²) in [5.41, 5.74) is 2.19. The van der Waals surface area contributed by atoms with Crippen LogP contribution in [0, 0.1) is 0 Å². The molecule has 23 heavy (non-hydrogen) atoms. The predicted molar refractivity (Wildman–Crippen MR) is 99.2 cm³/mol. The van der Waals surface area contributed by atoms with Gasteiger partial charge in [-0.1, -0.05) is 0 Å². The van der Waals surface area contributed by atoms with Crippen molar-refractivity contribution in [2.24, 2.45) is 0 Å². The first-order valence-corrected chi connectivity index (χ1v) is 9.55. The van der Waals surface area contributed by atoms with Gasteiger partial charge in [0.25, 0.3) is 0 Å². The van der Waals surface area contributed by atoms with Crippen molar-refractivity contribution in [2.45, 2.75) is 37.0 Å². The van der Waals surface area contributed by atoms with E-state index in [0.717, 1.165) is 37.7 Å². The van der Waals surface area contributed by atoms with E-state index in [9.17, 15) is 0 Å². The Bertz CT molecular complexity index is 558. The van der Waals surface area contributed by atoms with Crippen molar-refractivity contribution in [3.63, 3.8) is 0 Å². The number of hydrogen-bond donors (Lipinski definition) is 1. The Morgan fingerprint density at radius 2 is 2.13 bits per heavy atom. The molecule has 0 spiro atoms. The van der Waals surface area contributed by atoms with Crippen LogP contribution in [0.15, 0.2) is 18.2 Å². The first-order chi connectivity index (χ1) is 11.0. The largest absolute Gasteiger partial charge is 0.495 e. The van der Waals surface area contributed by atoms with E-state index in [1.165, 1.54) is 18.5 Å². The summed E-state index contributed by atoms with van der Waals surface area (Å²) in [7, 11) is 1.75. The first-order valence-electron chi connectivity index (χ1n) is 8.33. The van der Waals surface area contributed by atoms with Crippen molar-refractivity contribution < 1.29 is 9.47 Å². The highest BCUT2D eigenvalue weighted by Crippen LogP contribution is 2.47. The molecule has 0 aromatic heterocycles. The van der Waals surface area contributed by atoms with E-state index in [4.69, 9.17) is 9.47 Å². The van der Waals surface area contributed by atoms with E-state index in [0.29, 0.717) is 4.75 Å². The van der Waals surface area contributed by atoms with Gasteiger partial charge < -0.3 is 19.7 Å². The lowest BCUT2D eigenvalue weighted by atomic mass is 10.1. The van der Waals surface area contributed by atoms with Gasteiger partial charge in [0.15, 0.2) is 0 Å². The topological polar surface area (TPSA) is 33.7 Å². The smallest absolute Gasteiger partial charge is 0.144 e. The van der Waals surface area contributed by atoms with Gasteiger partial charge in [0.2, 0.25) is 0 Å². The molecule has 0 radical (unpaired) electrons. The van der Waals surface area contributed by atoms with Gasteiger partial charge in [-0.3, -0.25) is 0 Å². The van der Waals surface area contributed by atoms with Crippen molar-refractivity contribution in [3.8, 4) is 5.75 Å². The zero-order chi connectivity index (χ0) is 16.5. The maximum atomic E-state index is 5.81. The molecule has 5 heteroatoms. The summed E-state index contributed by atoms with van der Waals surface area (Å²) in [6.07, 6.45) is 4.82. The Balaban J connectivity index is 1.71. The Labute approximate surface area is 143 Å². The minimum absolute atomic E-state index is 0.0981. The SMILES string of the molecule is COc1cc(N2CCOC(C)(C)C2)ccc1NCC1(SC)CC1. The van der Waals surface area contributed by atoms with Gasteiger partial charge in [-0.25, -0.2) is 0 Å². The van der Waals surface area contributed by atoms with Gasteiger partial charge >= 0.3 is 0 Å². The van der Waals surface area contributed by atoms with Crippen LogP contribution in [-0.4, -0.2) is 50.0 Å². The molecule has 3 rings (SSSR count). The molecule has 1 saturated heterocycles. The monoisotopic (exact) mass is 336 g/mol. The van der Waals surface area contributed by atoms with Crippen molar-refractivity contribution in [2.75, 3.05) is 49.8 Å². The maximum absolute atomic E-state index is 5.81. The summed E-state index contributed by atoms with van der Waals surface area (Å²) in [4.78, 5) is 2.38. The summed E-state index contributed by atoms with van der Waals surface area (Å²) < 4.78 is 11.9. The van der Waals surface area contributed by atoms with Gasteiger partial charge in [0.05, 0.1) is 25.0 Å². The molecule has 0 atom stereocenters. The normalized spacial score (nSPS) is 21.8. The molecule has 0 amide bonds. The summed E-state index contributed by atoms with van der Waals surface area (Å²) >= 11 is 1.97. The number of morpholine rings is 1. The van der Waals surface area contributed by atoms with E-state index in [1.807, 2.05) is 11.8 Å². The fraction of sp³-hybridized carbons (Fsp3) is 0.667. The third-order valence-corrected chi connectivity index (χ3v) is 6.24. The number of nitrogens with one attached hydrogen (secondary N) is 1. The predicted octanol–water partition coefficient (Wildman–Crippen LogP) is 3.62. The lowest BCUT2D eigenvalue weighted by Gasteiger charge is -2.39. The van der Waals surface area contributed by atoms with E-state index >= 15 is 0 Å². The van der Waals surface area contributed by atoms with Gasteiger partial charge in [-0.05, 0) is 45.1 Å². The van der Waals surface area contributed by atoms with Gasteiger partial charge in [0.1, 0.15) is 5.75 Å². The molecule has 1 aromatic carbocycles. The van der Waals surface area contributed by atoms with Gasteiger partial charge in [0, 0.05) is 36.1 Å². The van der Waals surface area contributed by atoms with E-state index < -0.39 is 0 Å². The molecule has 1 aromatic rings. The van der Waals surface area contributed by atoms with Crippen LogP contribution in [0.3, 0.4) is 0 Å². The molecule has 1 heterocycles. The lowest BCUT2D eigenvalue weighted by molar-refractivity contribution is -0.0277. The standard InChI is InChI=1S/C18H28N2O2S/c1-17(2)13-20(9-10-22-17)14-5-6-15(16(11-14)21-3)19-12-18(23-4)7-8-18/h5-6,11,19H,7-10,12-13H2,1-4H3. The molecule has 4 nitrogen and oxygen atoms in total. The second kappa shape index (κ2) is 6.44. The Morgan fingerprint density at radius 3 is 2.74 bits per heavy atom. The molecule has 1 N–H and O–H groups in total. The van der Waals surface area contributed by atoms with Crippen LogP contribution >= 0.6 is 11.8 Å². The van der Waals surface area contributed by atoms with E-state index in [1.54, 1.807) is 7.11 Å². The Morgan fingerprint density at radius 1 is 1.35 bits per heavy atom. The number of methoxy groups -OCH3 is 1. The zero-order valence-corrected chi connectivity index (χ0v) is 15.5. The highest BCUT2D eigenvalue weighted by atomic mass is 32.2. The number of ether oxygens (including phenoxy) is 2. The minimum atomic E-state index is -0.0981. The number of hydrogen-bond acceptors (Lipinski definition) is 5. The average molecular weight is 337 g/mol. The van der Waals surface area contributed by atoms with Crippen molar-refractivity contribution in [3.05, 3.63) is 18.2 Å². The fourth-order valence-corrected chi connectivity index (χ4v) is 3.84. The molecule has 0 unspecified atom stereocenters. The summed E-state index contributed by atoms with van der Waals surface area (Å²) in [6, 6.07) is 6.47. The molecule has 1 aliphatic carbocycles. The highest BCUT2D eigenvalue weighted by molar-refractivity contribution is 8.00. The molecule has 2 aliphatic rings. The highest BCUT2D eigenvalue weighted by Gasteiger charge is 2.41. The zero-order valence-electron chi connectivity index (χ0n) is 14.6. The second-order valence-electron chi connectivity index (χ2n) is 7.15. The fourth-order valence-electron chi connectivity index (χ4n) is 3.11. The Kier molecular flexibility index (Phi) is 4.70. The van der Waals surface area contributed by atoms with Crippen LogP contribution < -0.4 is 15.0 Å². The minimum Gasteiger partial charge on any atom is -0.495 e. The van der Waals surface area contributed by atoms with Gasteiger partial charge in [-0.15, -0.1) is 0 Å². The van der Waals surface area contributed by atoms with Crippen molar-refractivity contribution >= 4 is 23.1 Å². The number of benzene rings is 1. The molecule has 2 fully saturated rings. The first kappa shape index (κ1) is 16.8. The number of nitrogens with zero attached hydrogens (tertiary/aromatic N) is 1. The Hall–Kier alpha value is -1.07. The molecule has 1 saturated carbocycles. The molecular weight excluding hydrogens is 308 g/mol. The van der Waals surface area contributed by atoms with Crippen LogP contribution in [0.2, 0.25) is 0 Å². The van der Waals surface area contributed by atoms with Crippen LogP contribution in [0.25, 0.3) is 0 Å². The van der Waals surface area contributed by atoms with E-state index in [-0.39, 0.29) is 5.60 Å². The third kappa shape index (κ3) is 3.89. The molecule has 128 valence electrons. The second-order valence-corrected chi connectivity index (χ2v) is 8.43. The summed E-state index contributed by atoms with van der Waals surface area (Å²) in [6.45, 7) is 7.89. The van der Waals surface area contributed by atoms with E-state index in [2.05, 4.69) is 48.5 Å². The van der Waals surface area contributed by atoms with Crippen molar-refractivity contribution in [1.82, 2.24) is 0 Å². The summed E-state index contributed by atoms with van der Waals surface area (Å²) in [5, 5.41) is 3.58. The average Bonchev–Trinajstić information content (AvgIpc) is 3.32. The lowest BCUT2D eigenvalue weighted by Crippen LogP contribution is -2.48. The van der Waals surface area contributed by atoms with Crippen LogP contribution in [0.5, 0.6) is 5.75 Å². The molecular formula is C18H28N2O2S.